The molecule has 4 N–H and O–H groups in total. The molecular formula is C25H24O9. The van der Waals surface area contributed by atoms with E-state index >= 15 is 0 Å². The van der Waals surface area contributed by atoms with Gasteiger partial charge in [-0.2, -0.15) is 0 Å². The van der Waals surface area contributed by atoms with Crippen molar-refractivity contribution in [3.63, 3.8) is 0 Å². The Labute approximate surface area is 193 Å². The van der Waals surface area contributed by atoms with Crippen molar-refractivity contribution in [2.45, 2.75) is 44.6 Å². The second-order valence-corrected chi connectivity index (χ2v) is 8.53. The average molecular weight is 468 g/mol. The normalized spacial score (nSPS) is 25.2. The Balaban J connectivity index is 1.82. The standard InChI is InChI=1S/C25H24O9/c1-10-7-14-18(16(8-10)31-3)13-9-17(33-25-22(29)21(28)20(27)11(2)32-25)19-12(5-4-6-15(19)26)23(13)34-24(14)30/h4-9,11,20-22,25-29H,1-3H3/t11-,20-,21+,22+,25-/m0/s1. The Morgan fingerprint density at radius 1 is 0.912 bits per heavy atom. The van der Waals surface area contributed by atoms with Gasteiger partial charge in [0.15, 0.2) is 0 Å². The van der Waals surface area contributed by atoms with Crippen LogP contribution in [0.5, 0.6) is 17.2 Å². The number of benzene rings is 3. The van der Waals surface area contributed by atoms with Gasteiger partial charge in [-0.1, -0.05) is 12.1 Å². The number of aliphatic hydroxyl groups is 3. The van der Waals surface area contributed by atoms with Gasteiger partial charge in [-0.15, -0.1) is 0 Å². The van der Waals surface area contributed by atoms with Crippen LogP contribution in [0.1, 0.15) is 12.5 Å². The molecule has 3 aromatic carbocycles. The number of methoxy groups -OCH3 is 1. The molecule has 4 aromatic rings. The molecule has 9 nitrogen and oxygen atoms in total. The van der Waals surface area contributed by atoms with Crippen molar-refractivity contribution in [2.75, 3.05) is 7.11 Å². The van der Waals surface area contributed by atoms with Gasteiger partial charge in [-0.3, -0.25) is 0 Å². The lowest BCUT2D eigenvalue weighted by Crippen LogP contribution is -2.58. The Morgan fingerprint density at radius 3 is 2.41 bits per heavy atom. The summed E-state index contributed by atoms with van der Waals surface area (Å²) in [6, 6.07) is 9.78. The predicted molar refractivity (Wildman–Crippen MR) is 123 cm³/mol. The molecule has 178 valence electrons. The summed E-state index contributed by atoms with van der Waals surface area (Å²) in [7, 11) is 1.50. The molecule has 0 amide bonds. The van der Waals surface area contributed by atoms with Crippen molar-refractivity contribution in [1.82, 2.24) is 0 Å². The van der Waals surface area contributed by atoms with Gasteiger partial charge in [0.2, 0.25) is 6.29 Å². The van der Waals surface area contributed by atoms with E-state index in [0.717, 1.165) is 5.56 Å². The van der Waals surface area contributed by atoms with Crippen molar-refractivity contribution < 1.29 is 39.1 Å². The maximum absolute atomic E-state index is 12.9. The van der Waals surface area contributed by atoms with Crippen LogP contribution in [0.4, 0.5) is 0 Å². The molecule has 0 spiro atoms. The molecule has 0 unspecified atom stereocenters. The first-order chi connectivity index (χ1) is 16.2. The summed E-state index contributed by atoms with van der Waals surface area (Å²) >= 11 is 0. The number of aryl methyl sites for hydroxylation is 1. The molecule has 2 heterocycles. The molecule has 9 heteroatoms. The van der Waals surface area contributed by atoms with Crippen molar-refractivity contribution in [3.05, 3.63) is 52.4 Å². The van der Waals surface area contributed by atoms with Gasteiger partial charge < -0.3 is 39.1 Å². The third-order valence-corrected chi connectivity index (χ3v) is 6.26. The molecule has 5 atom stereocenters. The first kappa shape index (κ1) is 22.4. The fourth-order valence-corrected chi connectivity index (χ4v) is 4.53. The zero-order valence-corrected chi connectivity index (χ0v) is 18.7. The van der Waals surface area contributed by atoms with E-state index in [1.165, 1.54) is 13.2 Å². The van der Waals surface area contributed by atoms with E-state index in [0.29, 0.717) is 27.3 Å². The molecule has 0 saturated carbocycles. The van der Waals surface area contributed by atoms with Crippen LogP contribution in [-0.2, 0) is 4.74 Å². The van der Waals surface area contributed by atoms with Crippen LogP contribution in [0, 0.1) is 6.92 Å². The van der Waals surface area contributed by atoms with E-state index in [1.807, 2.05) is 6.92 Å². The molecule has 1 aliphatic rings. The average Bonchev–Trinajstić information content (AvgIpc) is 2.81. The first-order valence-electron chi connectivity index (χ1n) is 10.8. The van der Waals surface area contributed by atoms with Gasteiger partial charge in [0.05, 0.1) is 24.0 Å². The van der Waals surface area contributed by atoms with Crippen LogP contribution in [0.25, 0.3) is 32.5 Å². The lowest BCUT2D eigenvalue weighted by atomic mass is 9.98. The summed E-state index contributed by atoms with van der Waals surface area (Å²) in [5.74, 6) is 0.435. The van der Waals surface area contributed by atoms with Crippen molar-refractivity contribution in [2.24, 2.45) is 0 Å². The topological polar surface area (TPSA) is 139 Å². The molecule has 1 saturated heterocycles. The summed E-state index contributed by atoms with van der Waals surface area (Å²) < 4.78 is 22.8. The molecule has 1 aromatic heterocycles. The molecule has 5 rings (SSSR count). The summed E-state index contributed by atoms with van der Waals surface area (Å²) in [4.78, 5) is 12.9. The van der Waals surface area contributed by atoms with Crippen molar-refractivity contribution >= 4 is 32.5 Å². The fourth-order valence-electron chi connectivity index (χ4n) is 4.53. The third kappa shape index (κ3) is 3.36. The molecule has 0 radical (unpaired) electrons. The fraction of sp³-hybridized carbons (Fsp3) is 0.320. The van der Waals surface area contributed by atoms with Gasteiger partial charge >= 0.3 is 5.63 Å². The highest BCUT2D eigenvalue weighted by Crippen LogP contribution is 2.43. The van der Waals surface area contributed by atoms with E-state index in [2.05, 4.69) is 0 Å². The van der Waals surface area contributed by atoms with E-state index in [1.54, 1.807) is 37.3 Å². The second kappa shape index (κ2) is 8.14. The number of fused-ring (bicyclic) bond motifs is 5. The zero-order valence-electron chi connectivity index (χ0n) is 18.7. The predicted octanol–water partition coefficient (Wildman–Crippen LogP) is 2.33. The molecular weight excluding hydrogens is 444 g/mol. The van der Waals surface area contributed by atoms with E-state index in [9.17, 15) is 25.2 Å². The van der Waals surface area contributed by atoms with E-state index in [-0.39, 0.29) is 22.5 Å². The number of aliphatic hydroxyl groups excluding tert-OH is 3. The lowest BCUT2D eigenvalue weighted by Gasteiger charge is -2.39. The third-order valence-electron chi connectivity index (χ3n) is 6.26. The van der Waals surface area contributed by atoms with Gasteiger partial charge in [0, 0.05) is 16.2 Å². The second-order valence-electron chi connectivity index (χ2n) is 8.53. The number of aromatic hydroxyl groups is 1. The quantitative estimate of drug-likeness (QED) is 0.263. The van der Waals surface area contributed by atoms with Crippen LogP contribution >= 0.6 is 0 Å². The molecule has 1 aliphatic heterocycles. The molecule has 0 bridgehead atoms. The van der Waals surface area contributed by atoms with E-state index < -0.39 is 36.3 Å². The molecule has 1 fully saturated rings. The van der Waals surface area contributed by atoms with Crippen LogP contribution in [0.3, 0.4) is 0 Å². The number of ether oxygens (including phenoxy) is 3. The van der Waals surface area contributed by atoms with Crippen LogP contribution in [0.15, 0.2) is 45.6 Å². The number of hydrogen-bond acceptors (Lipinski definition) is 9. The van der Waals surface area contributed by atoms with Crippen LogP contribution in [-0.4, -0.2) is 58.2 Å². The lowest BCUT2D eigenvalue weighted by molar-refractivity contribution is -0.267. The maximum atomic E-state index is 12.9. The Kier molecular flexibility index (Phi) is 5.37. The number of phenolic OH excluding ortho intramolecular Hbond substituents is 1. The summed E-state index contributed by atoms with van der Waals surface area (Å²) in [5, 5.41) is 43.2. The Hall–Kier alpha value is -3.37. The molecule has 0 aliphatic carbocycles. The van der Waals surface area contributed by atoms with Gasteiger partial charge in [0.25, 0.3) is 0 Å². The van der Waals surface area contributed by atoms with Crippen LogP contribution in [0.2, 0.25) is 0 Å². The monoisotopic (exact) mass is 468 g/mol. The van der Waals surface area contributed by atoms with E-state index in [4.69, 9.17) is 18.6 Å². The summed E-state index contributed by atoms with van der Waals surface area (Å²) in [6.45, 7) is 3.38. The SMILES string of the molecule is COc1cc(C)cc2c(=O)oc3c4cccc(O)c4c(O[C@@H]4O[C@@H](C)[C@H](O)[C@@H](O)[C@H]4O)cc3c12. The minimum atomic E-state index is -1.55. The Morgan fingerprint density at radius 2 is 1.68 bits per heavy atom. The summed E-state index contributed by atoms with van der Waals surface area (Å²) in [5.41, 5.74) is 0.484. The zero-order chi connectivity index (χ0) is 24.3. The van der Waals surface area contributed by atoms with Gasteiger partial charge in [0.1, 0.15) is 41.1 Å². The first-order valence-corrected chi connectivity index (χ1v) is 10.8. The van der Waals surface area contributed by atoms with Crippen molar-refractivity contribution in [1.29, 1.82) is 0 Å². The number of phenols is 1. The highest BCUT2D eigenvalue weighted by atomic mass is 16.7. The van der Waals surface area contributed by atoms with Gasteiger partial charge in [-0.05, 0) is 43.7 Å². The maximum Gasteiger partial charge on any atom is 0.344 e. The van der Waals surface area contributed by atoms with Gasteiger partial charge in [-0.25, -0.2) is 4.79 Å². The smallest absolute Gasteiger partial charge is 0.344 e. The highest BCUT2D eigenvalue weighted by molar-refractivity contribution is 6.18. The minimum Gasteiger partial charge on any atom is -0.507 e. The highest BCUT2D eigenvalue weighted by Gasteiger charge is 2.43. The minimum absolute atomic E-state index is 0.123. The largest absolute Gasteiger partial charge is 0.507 e. The number of hydrogen-bond donors (Lipinski definition) is 4. The Bertz CT molecular complexity index is 1480. The number of rotatable bonds is 3. The molecule has 34 heavy (non-hydrogen) atoms. The van der Waals surface area contributed by atoms with Crippen LogP contribution < -0.4 is 15.1 Å². The van der Waals surface area contributed by atoms with Crippen molar-refractivity contribution in [3.8, 4) is 17.2 Å². The summed E-state index contributed by atoms with van der Waals surface area (Å²) in [6.07, 6.45) is -6.48.